The van der Waals surface area contributed by atoms with Gasteiger partial charge in [-0.25, -0.2) is 9.78 Å². The van der Waals surface area contributed by atoms with Crippen LogP contribution in [0.2, 0.25) is 10.0 Å². The Kier molecular flexibility index (Phi) is 5.63. The predicted molar refractivity (Wildman–Crippen MR) is 138 cm³/mol. The highest BCUT2D eigenvalue weighted by Gasteiger charge is 2.46. The van der Waals surface area contributed by atoms with Crippen molar-refractivity contribution >= 4 is 29.2 Å². The Morgan fingerprint density at radius 2 is 1.91 bits per heavy atom. The molecule has 1 aromatic heterocycles. The minimum atomic E-state index is -0.173. The first-order valence-electron chi connectivity index (χ1n) is 11.9. The van der Waals surface area contributed by atoms with Gasteiger partial charge in [0, 0.05) is 53.0 Å². The van der Waals surface area contributed by atoms with Crippen LogP contribution in [-0.4, -0.2) is 48.2 Å². The zero-order valence-electron chi connectivity index (χ0n) is 19.4. The number of carbonyl (C=O) groups excluding carboxylic acids is 1. The maximum absolute atomic E-state index is 11.8. The summed E-state index contributed by atoms with van der Waals surface area (Å²) >= 11 is 13.4. The number of aromatic nitrogens is 1. The number of urea groups is 1. The number of nitrogens with one attached hydrogen (secondary N) is 2. The average Bonchev–Trinajstić information content (AvgIpc) is 3.57. The van der Waals surface area contributed by atoms with Crippen LogP contribution < -0.4 is 15.4 Å². The monoisotopic (exact) mass is 508 g/mol. The fraction of sp³-hybridized carbons (Fsp3) is 0.333. The Labute approximate surface area is 214 Å². The van der Waals surface area contributed by atoms with E-state index in [2.05, 4.69) is 21.6 Å². The molecule has 3 heterocycles. The smallest absolute Gasteiger partial charge is 0.315 e. The van der Waals surface area contributed by atoms with Gasteiger partial charge >= 0.3 is 6.03 Å². The number of hydrogen-bond acceptors (Lipinski definition) is 4. The third-order valence-electron chi connectivity index (χ3n) is 7.55. The summed E-state index contributed by atoms with van der Waals surface area (Å²) in [5.74, 6) is 0.647. The lowest BCUT2D eigenvalue weighted by atomic mass is 9.99. The maximum Gasteiger partial charge on any atom is 0.315 e. The first kappa shape index (κ1) is 22.7. The maximum atomic E-state index is 11.8. The molecule has 1 spiro atoms. The molecule has 3 aromatic rings. The number of hydrogen-bond donors (Lipinski definition) is 2. The van der Waals surface area contributed by atoms with Crippen molar-refractivity contribution in [2.24, 2.45) is 0 Å². The molecule has 2 atom stereocenters. The van der Waals surface area contributed by atoms with Crippen LogP contribution in [-0.2, 0) is 6.42 Å². The van der Waals surface area contributed by atoms with E-state index in [-0.39, 0.29) is 17.6 Å². The van der Waals surface area contributed by atoms with Crippen molar-refractivity contribution in [3.05, 3.63) is 69.7 Å². The van der Waals surface area contributed by atoms with Gasteiger partial charge in [-0.2, -0.15) is 0 Å². The number of fused-ring (bicyclic) bond motifs is 1. The van der Waals surface area contributed by atoms with Crippen LogP contribution in [0.5, 0.6) is 5.88 Å². The number of aryl methyl sites for hydroxylation is 1. The molecule has 8 heteroatoms. The molecule has 6 rings (SSSR count). The molecule has 2 N–H and O–H groups in total. The van der Waals surface area contributed by atoms with Crippen LogP contribution in [0.25, 0.3) is 22.4 Å². The van der Waals surface area contributed by atoms with Gasteiger partial charge in [0.25, 0.3) is 0 Å². The van der Waals surface area contributed by atoms with Crippen molar-refractivity contribution in [1.29, 1.82) is 0 Å². The molecule has 3 aliphatic rings. The Hall–Kier alpha value is -2.80. The van der Waals surface area contributed by atoms with E-state index < -0.39 is 0 Å². The molecule has 2 fully saturated rings. The van der Waals surface area contributed by atoms with Gasteiger partial charge < -0.3 is 15.4 Å². The lowest BCUT2D eigenvalue weighted by Gasteiger charge is -2.28. The summed E-state index contributed by atoms with van der Waals surface area (Å²) in [4.78, 5) is 19.2. The molecule has 2 aliphatic heterocycles. The van der Waals surface area contributed by atoms with Gasteiger partial charge in [0.2, 0.25) is 5.88 Å². The topological polar surface area (TPSA) is 66.5 Å². The van der Waals surface area contributed by atoms with Crippen LogP contribution in [0.1, 0.15) is 30.0 Å². The summed E-state index contributed by atoms with van der Waals surface area (Å²) in [7, 11) is 1.68. The normalized spacial score (nSPS) is 23.4. The quantitative estimate of drug-likeness (QED) is 0.489. The van der Waals surface area contributed by atoms with Crippen LogP contribution in [0, 0.1) is 0 Å². The Morgan fingerprint density at radius 3 is 2.69 bits per heavy atom. The van der Waals surface area contributed by atoms with Gasteiger partial charge in [0.1, 0.15) is 0 Å². The number of ether oxygens (including phenoxy) is 1. The molecule has 0 saturated carbocycles. The molecule has 6 nitrogen and oxygen atoms in total. The second-order valence-corrected chi connectivity index (χ2v) is 10.4. The fourth-order valence-electron chi connectivity index (χ4n) is 5.85. The van der Waals surface area contributed by atoms with Crippen LogP contribution in [0.3, 0.4) is 0 Å². The number of amides is 2. The van der Waals surface area contributed by atoms with Crippen molar-refractivity contribution < 1.29 is 9.53 Å². The molecule has 1 aliphatic carbocycles. The minimum absolute atomic E-state index is 0.0709. The number of methoxy groups -OCH3 is 1. The van der Waals surface area contributed by atoms with Crippen LogP contribution in [0.15, 0.2) is 48.5 Å². The summed E-state index contributed by atoms with van der Waals surface area (Å²) in [5.41, 5.74) is 5.65. The highest BCUT2D eigenvalue weighted by molar-refractivity contribution is 6.38. The van der Waals surface area contributed by atoms with Gasteiger partial charge in [-0.05, 0) is 37.0 Å². The molecular weight excluding hydrogens is 483 g/mol. The summed E-state index contributed by atoms with van der Waals surface area (Å²) < 4.78 is 5.83. The van der Waals surface area contributed by atoms with Gasteiger partial charge in [0.05, 0.1) is 23.4 Å². The first-order valence-corrected chi connectivity index (χ1v) is 12.7. The zero-order valence-corrected chi connectivity index (χ0v) is 20.9. The second-order valence-electron chi connectivity index (χ2n) is 9.60. The number of halogens is 2. The third-order valence-corrected chi connectivity index (χ3v) is 8.29. The Bertz CT molecular complexity index is 1330. The largest absolute Gasteiger partial charge is 0.481 e. The fourth-order valence-corrected chi connectivity index (χ4v) is 6.42. The Morgan fingerprint density at radius 1 is 1.11 bits per heavy atom. The lowest BCUT2D eigenvalue weighted by molar-refractivity contribution is 0.219. The number of benzene rings is 2. The van der Waals surface area contributed by atoms with E-state index in [4.69, 9.17) is 32.9 Å². The minimum Gasteiger partial charge on any atom is -0.481 e. The van der Waals surface area contributed by atoms with Crippen molar-refractivity contribution in [3.63, 3.8) is 0 Å². The number of nitrogens with zero attached hydrogens (tertiary/aromatic N) is 2. The van der Waals surface area contributed by atoms with E-state index >= 15 is 0 Å². The number of pyridine rings is 1. The summed E-state index contributed by atoms with van der Waals surface area (Å²) in [6.07, 6.45) is 2.89. The standard InChI is InChI=1S/C27H26Cl2N4O2/c1-35-25-23-16(9-10-22(23)33-12-11-27(15-33)14-30-26(34)32-27)13-21(31-25)19-7-4-6-18(24(19)29)17-5-2-3-8-20(17)28/h2-8,13,22H,9-12,14-15H2,1H3,(H2,30,32,34). The molecule has 35 heavy (non-hydrogen) atoms. The molecule has 180 valence electrons. The molecule has 0 bridgehead atoms. The molecule has 2 saturated heterocycles. The SMILES string of the molecule is COc1nc(-c2cccc(-c3ccccc3Cl)c2Cl)cc2c1C(N1CCC3(CNC(=O)N3)C1)CC2. The number of likely N-dealkylation sites (tertiary alicyclic amines) is 1. The third kappa shape index (κ3) is 3.84. The van der Waals surface area contributed by atoms with Crippen LogP contribution >= 0.6 is 23.2 Å². The summed E-state index contributed by atoms with van der Waals surface area (Å²) in [6, 6.07) is 16.0. The van der Waals surface area contributed by atoms with Crippen molar-refractivity contribution in [2.45, 2.75) is 30.8 Å². The van der Waals surface area contributed by atoms with Crippen molar-refractivity contribution in [3.8, 4) is 28.3 Å². The first-order chi connectivity index (χ1) is 17.0. The summed E-state index contributed by atoms with van der Waals surface area (Å²) in [6.45, 7) is 2.44. The lowest BCUT2D eigenvalue weighted by Crippen LogP contribution is -2.46. The van der Waals surface area contributed by atoms with Crippen molar-refractivity contribution in [1.82, 2.24) is 20.5 Å². The zero-order chi connectivity index (χ0) is 24.2. The molecule has 0 radical (unpaired) electrons. The van der Waals surface area contributed by atoms with Crippen molar-refractivity contribution in [2.75, 3.05) is 26.7 Å². The summed E-state index contributed by atoms with van der Waals surface area (Å²) in [5, 5.41) is 7.33. The van der Waals surface area contributed by atoms with E-state index in [1.165, 1.54) is 5.56 Å². The van der Waals surface area contributed by atoms with E-state index in [0.717, 1.165) is 60.3 Å². The number of carbonyl (C=O) groups is 1. The van der Waals surface area contributed by atoms with E-state index in [9.17, 15) is 4.79 Å². The molecule has 2 unspecified atom stereocenters. The van der Waals surface area contributed by atoms with Gasteiger partial charge in [-0.1, -0.05) is 59.6 Å². The van der Waals surface area contributed by atoms with Gasteiger partial charge in [-0.15, -0.1) is 0 Å². The number of rotatable bonds is 4. The molecule has 2 amide bonds. The van der Waals surface area contributed by atoms with Crippen LogP contribution in [0.4, 0.5) is 4.79 Å². The van der Waals surface area contributed by atoms with Gasteiger partial charge in [-0.3, -0.25) is 4.90 Å². The molecule has 2 aromatic carbocycles. The highest BCUT2D eigenvalue weighted by atomic mass is 35.5. The van der Waals surface area contributed by atoms with E-state index in [1.54, 1.807) is 7.11 Å². The van der Waals surface area contributed by atoms with E-state index in [0.29, 0.717) is 22.5 Å². The highest BCUT2D eigenvalue weighted by Crippen LogP contribution is 2.46. The Balaban J connectivity index is 1.35. The average molecular weight is 509 g/mol. The molecular formula is C27H26Cl2N4O2. The van der Waals surface area contributed by atoms with Gasteiger partial charge in [0.15, 0.2) is 0 Å². The second kappa shape index (κ2) is 8.70. The van der Waals surface area contributed by atoms with E-state index in [1.807, 2.05) is 42.5 Å². The predicted octanol–water partition coefficient (Wildman–Crippen LogP) is 5.48.